The van der Waals surface area contributed by atoms with Crippen molar-refractivity contribution < 1.29 is 14.9 Å². The number of benzene rings is 1. The summed E-state index contributed by atoms with van der Waals surface area (Å²) in [6.45, 7) is 0. The van der Waals surface area contributed by atoms with Crippen LogP contribution >= 0.6 is 0 Å². The van der Waals surface area contributed by atoms with Crippen molar-refractivity contribution in [3.63, 3.8) is 0 Å². The van der Waals surface area contributed by atoms with Crippen LogP contribution in [-0.2, 0) is 0 Å². The third kappa shape index (κ3) is 2.10. The molecule has 0 unspecified atom stereocenters. The molecule has 0 atom stereocenters. The first-order valence-electron chi connectivity index (χ1n) is 4.94. The lowest BCUT2D eigenvalue weighted by molar-refractivity contribution is 0.208. The second-order valence-electron chi connectivity index (χ2n) is 3.71. The lowest BCUT2D eigenvalue weighted by Gasteiger charge is -2.13. The smallest absolute Gasteiger partial charge is 0.127 e. The molecule has 0 aromatic heterocycles. The van der Waals surface area contributed by atoms with Gasteiger partial charge in [0.05, 0.1) is 6.10 Å². The molecule has 3 nitrogen and oxygen atoms in total. The van der Waals surface area contributed by atoms with Crippen LogP contribution in [0.3, 0.4) is 0 Å². The van der Waals surface area contributed by atoms with Crippen molar-refractivity contribution in [3.8, 4) is 17.2 Å². The lowest BCUT2D eigenvalue weighted by atomic mass is 10.3. The Hall–Kier alpha value is -1.38. The van der Waals surface area contributed by atoms with Crippen LogP contribution in [0.1, 0.15) is 25.7 Å². The molecule has 3 heteroatoms. The molecule has 1 aromatic carbocycles. The standard InChI is InChI=1S/C11H14O3/c12-8-5-9(13)7-11(6-8)14-10-3-1-2-4-10/h5-7,10,12-13H,1-4H2. The fraction of sp³-hybridized carbons (Fsp3) is 0.455. The van der Waals surface area contributed by atoms with Crippen molar-refractivity contribution in [2.45, 2.75) is 31.8 Å². The molecule has 1 aliphatic carbocycles. The van der Waals surface area contributed by atoms with E-state index >= 15 is 0 Å². The molecule has 0 aliphatic heterocycles. The number of phenols is 2. The topological polar surface area (TPSA) is 49.7 Å². The highest BCUT2D eigenvalue weighted by atomic mass is 16.5. The molecule has 0 saturated heterocycles. The third-order valence-electron chi connectivity index (χ3n) is 2.48. The molecule has 14 heavy (non-hydrogen) atoms. The minimum Gasteiger partial charge on any atom is -0.508 e. The number of phenolic OH excluding ortho intramolecular Hbond substituents is 2. The predicted octanol–water partition coefficient (Wildman–Crippen LogP) is 2.42. The van der Waals surface area contributed by atoms with E-state index in [0.29, 0.717) is 5.75 Å². The zero-order chi connectivity index (χ0) is 9.97. The summed E-state index contributed by atoms with van der Waals surface area (Å²) in [5, 5.41) is 18.5. The average molecular weight is 194 g/mol. The van der Waals surface area contributed by atoms with Gasteiger partial charge in [0, 0.05) is 18.2 Å². The Kier molecular flexibility index (Phi) is 2.48. The number of hydrogen-bond acceptors (Lipinski definition) is 3. The molecule has 0 radical (unpaired) electrons. The molecule has 0 amide bonds. The summed E-state index contributed by atoms with van der Waals surface area (Å²) in [6, 6.07) is 4.34. The van der Waals surface area contributed by atoms with E-state index in [2.05, 4.69) is 0 Å². The summed E-state index contributed by atoms with van der Waals surface area (Å²) in [5.74, 6) is 0.630. The Balaban J connectivity index is 2.07. The van der Waals surface area contributed by atoms with Gasteiger partial charge in [-0.05, 0) is 25.7 Å². The van der Waals surface area contributed by atoms with Gasteiger partial charge in [-0.3, -0.25) is 0 Å². The average Bonchev–Trinajstić information content (AvgIpc) is 2.54. The van der Waals surface area contributed by atoms with Gasteiger partial charge < -0.3 is 14.9 Å². The molecule has 1 fully saturated rings. The summed E-state index contributed by atoms with van der Waals surface area (Å²) < 4.78 is 5.62. The van der Waals surface area contributed by atoms with Crippen LogP contribution in [0, 0.1) is 0 Å². The van der Waals surface area contributed by atoms with Crippen LogP contribution < -0.4 is 4.74 Å². The Bertz CT molecular complexity index is 296. The second kappa shape index (κ2) is 3.78. The molecule has 1 aliphatic rings. The van der Waals surface area contributed by atoms with E-state index in [1.165, 1.54) is 31.0 Å². The van der Waals surface area contributed by atoms with Gasteiger partial charge in [-0.1, -0.05) is 0 Å². The quantitative estimate of drug-likeness (QED) is 0.760. The van der Waals surface area contributed by atoms with Crippen LogP contribution in [0.25, 0.3) is 0 Å². The van der Waals surface area contributed by atoms with Gasteiger partial charge in [0.2, 0.25) is 0 Å². The Labute approximate surface area is 83.0 Å². The number of hydrogen-bond donors (Lipinski definition) is 2. The highest BCUT2D eigenvalue weighted by molar-refractivity contribution is 5.40. The first-order chi connectivity index (χ1) is 6.74. The first kappa shape index (κ1) is 9.19. The molecule has 76 valence electrons. The number of rotatable bonds is 2. The van der Waals surface area contributed by atoms with Gasteiger partial charge >= 0.3 is 0 Å². The zero-order valence-electron chi connectivity index (χ0n) is 7.94. The van der Waals surface area contributed by atoms with Crippen molar-refractivity contribution >= 4 is 0 Å². The van der Waals surface area contributed by atoms with Crippen LogP contribution in [0.15, 0.2) is 18.2 Å². The predicted molar refractivity (Wildman–Crippen MR) is 52.7 cm³/mol. The highest BCUT2D eigenvalue weighted by Crippen LogP contribution is 2.29. The Morgan fingerprint density at radius 2 is 1.57 bits per heavy atom. The van der Waals surface area contributed by atoms with E-state index < -0.39 is 0 Å². The fourth-order valence-electron chi connectivity index (χ4n) is 1.83. The maximum absolute atomic E-state index is 9.23. The number of aromatic hydroxyl groups is 2. The molecule has 2 rings (SSSR count). The minimum atomic E-state index is 0.0398. The Morgan fingerprint density at radius 3 is 2.14 bits per heavy atom. The maximum Gasteiger partial charge on any atom is 0.127 e. The number of ether oxygens (including phenoxy) is 1. The monoisotopic (exact) mass is 194 g/mol. The van der Waals surface area contributed by atoms with Crippen LogP contribution in [-0.4, -0.2) is 16.3 Å². The summed E-state index contributed by atoms with van der Waals surface area (Å²) >= 11 is 0. The highest BCUT2D eigenvalue weighted by Gasteiger charge is 2.16. The van der Waals surface area contributed by atoms with Gasteiger partial charge in [0.1, 0.15) is 17.2 Å². The van der Waals surface area contributed by atoms with Crippen LogP contribution in [0.4, 0.5) is 0 Å². The molecule has 1 aromatic rings. The van der Waals surface area contributed by atoms with Crippen molar-refractivity contribution in [1.82, 2.24) is 0 Å². The molecule has 0 spiro atoms. The summed E-state index contributed by atoms with van der Waals surface area (Å²) in [6.07, 6.45) is 4.79. The van der Waals surface area contributed by atoms with Crippen LogP contribution in [0.2, 0.25) is 0 Å². The largest absolute Gasteiger partial charge is 0.508 e. The van der Waals surface area contributed by atoms with Crippen LogP contribution in [0.5, 0.6) is 17.2 Å². The molecule has 0 bridgehead atoms. The third-order valence-corrected chi connectivity index (χ3v) is 2.48. The van der Waals surface area contributed by atoms with Gasteiger partial charge in [0.25, 0.3) is 0 Å². The second-order valence-corrected chi connectivity index (χ2v) is 3.71. The van der Waals surface area contributed by atoms with Crippen molar-refractivity contribution in [3.05, 3.63) is 18.2 Å². The maximum atomic E-state index is 9.23. The van der Waals surface area contributed by atoms with E-state index in [1.54, 1.807) is 0 Å². The van der Waals surface area contributed by atoms with Gasteiger partial charge in [-0.2, -0.15) is 0 Å². The van der Waals surface area contributed by atoms with E-state index in [4.69, 9.17) is 4.74 Å². The van der Waals surface area contributed by atoms with Gasteiger partial charge in [-0.25, -0.2) is 0 Å². The molecule has 2 N–H and O–H groups in total. The summed E-state index contributed by atoms with van der Waals surface area (Å²) in [5.41, 5.74) is 0. The molecular formula is C11H14O3. The Morgan fingerprint density at radius 1 is 1.00 bits per heavy atom. The van der Waals surface area contributed by atoms with E-state index in [1.807, 2.05) is 0 Å². The molecular weight excluding hydrogens is 180 g/mol. The van der Waals surface area contributed by atoms with Gasteiger partial charge in [0.15, 0.2) is 0 Å². The van der Waals surface area contributed by atoms with Crippen molar-refractivity contribution in [1.29, 1.82) is 0 Å². The molecule has 0 heterocycles. The van der Waals surface area contributed by atoms with E-state index in [9.17, 15) is 10.2 Å². The summed E-state index contributed by atoms with van der Waals surface area (Å²) in [7, 11) is 0. The zero-order valence-corrected chi connectivity index (χ0v) is 7.94. The van der Waals surface area contributed by atoms with Crippen molar-refractivity contribution in [2.75, 3.05) is 0 Å². The minimum absolute atomic E-state index is 0.0398. The fourth-order valence-corrected chi connectivity index (χ4v) is 1.83. The van der Waals surface area contributed by atoms with Gasteiger partial charge in [-0.15, -0.1) is 0 Å². The first-order valence-corrected chi connectivity index (χ1v) is 4.94. The SMILES string of the molecule is Oc1cc(O)cc(OC2CCCC2)c1. The van der Waals surface area contributed by atoms with E-state index in [-0.39, 0.29) is 17.6 Å². The van der Waals surface area contributed by atoms with Crippen molar-refractivity contribution in [2.24, 2.45) is 0 Å². The van der Waals surface area contributed by atoms with E-state index in [0.717, 1.165) is 12.8 Å². The normalized spacial score (nSPS) is 17.1. The summed E-state index contributed by atoms with van der Waals surface area (Å²) in [4.78, 5) is 0. The molecule has 1 saturated carbocycles. The lowest BCUT2D eigenvalue weighted by Crippen LogP contribution is -2.10.